The van der Waals surface area contributed by atoms with Crippen molar-refractivity contribution in [2.45, 2.75) is 57.4 Å². The minimum absolute atomic E-state index is 0.0141. The van der Waals surface area contributed by atoms with E-state index in [2.05, 4.69) is 21.0 Å². The van der Waals surface area contributed by atoms with Crippen LogP contribution in [0.25, 0.3) is 0 Å². The number of amides is 1. The van der Waals surface area contributed by atoms with Gasteiger partial charge in [-0.1, -0.05) is 6.42 Å². The fourth-order valence-corrected chi connectivity index (χ4v) is 6.07. The number of anilines is 1. The average Bonchev–Trinajstić information content (AvgIpc) is 2.79. The predicted octanol–water partition coefficient (Wildman–Crippen LogP) is 2.23. The fraction of sp³-hybridized carbons (Fsp3) is 0.684. The van der Waals surface area contributed by atoms with E-state index in [4.69, 9.17) is 0 Å². The summed E-state index contributed by atoms with van der Waals surface area (Å²) in [6.45, 7) is 2.19. The summed E-state index contributed by atoms with van der Waals surface area (Å²) in [7, 11) is -3.17. The van der Waals surface area contributed by atoms with Crippen LogP contribution >= 0.6 is 11.3 Å². The molecule has 1 amide bonds. The Hall–Kier alpha value is -1.47. The second-order valence-corrected chi connectivity index (χ2v) is 10.6. The van der Waals surface area contributed by atoms with E-state index in [-0.39, 0.29) is 11.9 Å². The molecule has 0 radical (unpaired) electrons. The SMILES string of the molecule is CS(=O)(=O)NC1CCN(CCC(=O)Nc2sc3c(c2C#N)CCCCC3)CC1. The van der Waals surface area contributed by atoms with Gasteiger partial charge in [0.05, 0.1) is 11.8 Å². The van der Waals surface area contributed by atoms with E-state index in [1.165, 1.54) is 17.6 Å². The third kappa shape index (κ3) is 5.77. The molecule has 0 atom stereocenters. The molecule has 0 aromatic carbocycles. The highest BCUT2D eigenvalue weighted by atomic mass is 32.2. The van der Waals surface area contributed by atoms with Crippen LogP contribution < -0.4 is 10.0 Å². The molecule has 9 heteroatoms. The number of likely N-dealkylation sites (tertiary alicyclic amines) is 1. The summed E-state index contributed by atoms with van der Waals surface area (Å²) in [4.78, 5) is 15.9. The molecule has 0 saturated carbocycles. The summed E-state index contributed by atoms with van der Waals surface area (Å²) >= 11 is 1.56. The number of nitrogens with zero attached hydrogens (tertiary/aromatic N) is 2. The molecule has 0 bridgehead atoms. The van der Waals surface area contributed by atoms with Crippen LogP contribution in [-0.4, -0.2) is 51.2 Å². The van der Waals surface area contributed by atoms with Gasteiger partial charge in [0.25, 0.3) is 0 Å². The Balaban J connectivity index is 1.49. The molecule has 1 aromatic heterocycles. The van der Waals surface area contributed by atoms with E-state index in [0.717, 1.165) is 57.2 Å². The van der Waals surface area contributed by atoms with Gasteiger partial charge in [-0.05, 0) is 57.2 Å². The number of thiophene rings is 1. The van der Waals surface area contributed by atoms with Crippen molar-refractivity contribution in [3.63, 3.8) is 0 Å². The monoisotopic (exact) mass is 424 g/mol. The van der Waals surface area contributed by atoms with Gasteiger partial charge in [0.1, 0.15) is 11.1 Å². The normalized spacial score (nSPS) is 18.9. The topological polar surface area (TPSA) is 102 Å². The van der Waals surface area contributed by atoms with Gasteiger partial charge in [-0.2, -0.15) is 5.26 Å². The van der Waals surface area contributed by atoms with Crippen molar-refractivity contribution in [2.75, 3.05) is 31.2 Å². The summed E-state index contributed by atoms with van der Waals surface area (Å²) in [5.41, 5.74) is 1.80. The predicted molar refractivity (Wildman–Crippen MR) is 111 cm³/mol. The minimum Gasteiger partial charge on any atom is -0.317 e. The lowest BCUT2D eigenvalue weighted by Gasteiger charge is -2.31. The van der Waals surface area contributed by atoms with Crippen LogP contribution in [0, 0.1) is 11.3 Å². The zero-order valence-corrected chi connectivity index (χ0v) is 17.9. The Labute approximate surface area is 171 Å². The molecule has 0 spiro atoms. The van der Waals surface area contributed by atoms with E-state index in [9.17, 15) is 18.5 Å². The molecule has 1 aliphatic carbocycles. The maximum atomic E-state index is 12.4. The first-order chi connectivity index (χ1) is 13.4. The van der Waals surface area contributed by atoms with E-state index in [1.54, 1.807) is 11.3 Å². The summed E-state index contributed by atoms with van der Waals surface area (Å²) < 4.78 is 25.3. The number of hydrogen-bond donors (Lipinski definition) is 2. The Kier molecular flexibility index (Phi) is 7.10. The highest BCUT2D eigenvalue weighted by Crippen LogP contribution is 2.37. The number of sulfonamides is 1. The molecule has 2 N–H and O–H groups in total. The first kappa shape index (κ1) is 21.2. The first-order valence-electron chi connectivity index (χ1n) is 9.90. The number of fused-ring (bicyclic) bond motifs is 1. The third-order valence-corrected chi connectivity index (χ3v) is 7.38. The van der Waals surface area contributed by atoms with Crippen LogP contribution in [0.2, 0.25) is 0 Å². The smallest absolute Gasteiger partial charge is 0.226 e. The highest BCUT2D eigenvalue weighted by molar-refractivity contribution is 7.88. The highest BCUT2D eigenvalue weighted by Gasteiger charge is 2.23. The fourth-order valence-electron chi connectivity index (χ4n) is 3.97. The molecule has 7 nitrogen and oxygen atoms in total. The Morgan fingerprint density at radius 3 is 2.64 bits per heavy atom. The van der Waals surface area contributed by atoms with Crippen molar-refractivity contribution < 1.29 is 13.2 Å². The van der Waals surface area contributed by atoms with Gasteiger partial charge in [0, 0.05) is 23.9 Å². The molecule has 2 heterocycles. The van der Waals surface area contributed by atoms with Crippen LogP contribution in [0.15, 0.2) is 0 Å². The third-order valence-electron chi connectivity index (χ3n) is 5.41. The molecule has 1 saturated heterocycles. The standard InChI is InChI=1S/C19H28N4O3S2/c1-28(25,26)22-14-7-10-23(11-8-14)12-9-18(24)21-19-16(13-20)15-5-3-2-4-6-17(15)27-19/h14,22H,2-12H2,1H3,(H,21,24). The van der Waals surface area contributed by atoms with Gasteiger partial charge in [-0.3, -0.25) is 4.79 Å². The number of carbonyl (C=O) groups excluding carboxylic acids is 1. The van der Waals surface area contributed by atoms with Crippen LogP contribution in [0.4, 0.5) is 5.00 Å². The number of piperidine rings is 1. The number of aryl methyl sites for hydroxylation is 1. The minimum atomic E-state index is -3.17. The summed E-state index contributed by atoms with van der Waals surface area (Å²) in [5.74, 6) is -0.0655. The average molecular weight is 425 g/mol. The van der Waals surface area contributed by atoms with Crippen LogP contribution in [0.1, 0.15) is 54.5 Å². The molecule has 1 fully saturated rings. The molecule has 3 rings (SSSR count). The van der Waals surface area contributed by atoms with Gasteiger partial charge < -0.3 is 10.2 Å². The quantitative estimate of drug-likeness (QED) is 0.682. The van der Waals surface area contributed by atoms with E-state index < -0.39 is 10.0 Å². The van der Waals surface area contributed by atoms with Crippen molar-refractivity contribution in [3.05, 3.63) is 16.0 Å². The second-order valence-electron chi connectivity index (χ2n) is 7.68. The van der Waals surface area contributed by atoms with Gasteiger partial charge in [0.2, 0.25) is 15.9 Å². The van der Waals surface area contributed by atoms with Crippen LogP contribution in [0.5, 0.6) is 0 Å². The number of rotatable bonds is 6. The van der Waals surface area contributed by atoms with E-state index >= 15 is 0 Å². The molecule has 1 aliphatic heterocycles. The number of nitriles is 1. The molecule has 0 unspecified atom stereocenters. The van der Waals surface area contributed by atoms with Crippen molar-refractivity contribution in [1.82, 2.24) is 9.62 Å². The lowest BCUT2D eigenvalue weighted by Crippen LogP contribution is -2.44. The lowest BCUT2D eigenvalue weighted by molar-refractivity contribution is -0.116. The molecule has 154 valence electrons. The molecule has 1 aromatic rings. The van der Waals surface area contributed by atoms with Gasteiger partial charge in [-0.15, -0.1) is 11.3 Å². The van der Waals surface area contributed by atoms with Gasteiger partial charge >= 0.3 is 0 Å². The number of hydrogen-bond acceptors (Lipinski definition) is 6. The first-order valence-corrected chi connectivity index (χ1v) is 12.6. The Morgan fingerprint density at radius 2 is 1.96 bits per heavy atom. The summed E-state index contributed by atoms with van der Waals surface area (Å²) in [5, 5.41) is 13.2. The summed E-state index contributed by atoms with van der Waals surface area (Å²) in [6.07, 6.45) is 8.45. The zero-order chi connectivity index (χ0) is 20.1. The van der Waals surface area contributed by atoms with E-state index in [1.807, 2.05) is 0 Å². The van der Waals surface area contributed by atoms with Crippen LogP contribution in [0.3, 0.4) is 0 Å². The second kappa shape index (κ2) is 9.35. The molecular formula is C19H28N4O3S2. The molecule has 28 heavy (non-hydrogen) atoms. The van der Waals surface area contributed by atoms with Gasteiger partial charge in [-0.25, -0.2) is 13.1 Å². The largest absolute Gasteiger partial charge is 0.317 e. The Bertz CT molecular complexity index is 849. The molecule has 2 aliphatic rings. The maximum absolute atomic E-state index is 12.4. The zero-order valence-electron chi connectivity index (χ0n) is 16.3. The Morgan fingerprint density at radius 1 is 1.25 bits per heavy atom. The number of carbonyl (C=O) groups is 1. The molecular weight excluding hydrogens is 396 g/mol. The number of nitrogens with one attached hydrogen (secondary N) is 2. The van der Waals surface area contributed by atoms with E-state index in [0.29, 0.717) is 23.5 Å². The van der Waals surface area contributed by atoms with Crippen LogP contribution in [-0.2, 0) is 27.7 Å². The van der Waals surface area contributed by atoms with Crippen molar-refractivity contribution >= 4 is 32.3 Å². The van der Waals surface area contributed by atoms with Crippen molar-refractivity contribution in [2.24, 2.45) is 0 Å². The van der Waals surface area contributed by atoms with Gasteiger partial charge in [0.15, 0.2) is 0 Å². The van der Waals surface area contributed by atoms with Crippen molar-refractivity contribution in [3.8, 4) is 6.07 Å². The maximum Gasteiger partial charge on any atom is 0.226 e. The lowest BCUT2D eigenvalue weighted by atomic mass is 10.1. The summed E-state index contributed by atoms with van der Waals surface area (Å²) in [6, 6.07) is 2.28. The van der Waals surface area contributed by atoms with Crippen molar-refractivity contribution in [1.29, 1.82) is 5.26 Å².